The van der Waals surface area contributed by atoms with Crippen LogP contribution in [0.2, 0.25) is 0 Å². The molecule has 0 fully saturated rings. The maximum absolute atomic E-state index is 13.7. The number of hydrogen-bond acceptors (Lipinski definition) is 5. The van der Waals surface area contributed by atoms with E-state index in [0.29, 0.717) is 17.0 Å². The first kappa shape index (κ1) is 22.1. The van der Waals surface area contributed by atoms with E-state index in [9.17, 15) is 9.59 Å². The molecule has 1 N–H and O–H groups in total. The fourth-order valence-electron chi connectivity index (χ4n) is 3.96. The predicted molar refractivity (Wildman–Crippen MR) is 133 cm³/mol. The highest BCUT2D eigenvalue weighted by molar-refractivity contribution is 6.46. The summed E-state index contributed by atoms with van der Waals surface area (Å²) in [6, 6.07) is 20.5. The second-order valence-electron chi connectivity index (χ2n) is 8.28. The Balaban J connectivity index is 1.82. The van der Waals surface area contributed by atoms with E-state index >= 15 is 0 Å². The number of ether oxygens (including phenoxy) is 1. The fourth-order valence-corrected chi connectivity index (χ4v) is 3.96. The van der Waals surface area contributed by atoms with Gasteiger partial charge >= 0.3 is 0 Å². The van der Waals surface area contributed by atoms with Crippen LogP contribution in [0.25, 0.3) is 5.57 Å². The molecule has 0 radical (unpaired) electrons. The van der Waals surface area contributed by atoms with Crippen molar-refractivity contribution in [3.63, 3.8) is 0 Å². The van der Waals surface area contributed by atoms with Crippen molar-refractivity contribution in [2.75, 3.05) is 36.3 Å². The quantitative estimate of drug-likeness (QED) is 0.558. The maximum Gasteiger partial charge on any atom is 0.282 e. The van der Waals surface area contributed by atoms with Crippen molar-refractivity contribution in [2.45, 2.75) is 13.8 Å². The third-order valence-electron chi connectivity index (χ3n) is 5.70. The summed E-state index contributed by atoms with van der Waals surface area (Å²) in [7, 11) is 5.49. The average molecular weight is 442 g/mol. The molecule has 0 bridgehead atoms. The number of imide groups is 1. The van der Waals surface area contributed by atoms with Crippen molar-refractivity contribution >= 4 is 34.4 Å². The average Bonchev–Trinajstić information content (AvgIpc) is 3.03. The summed E-state index contributed by atoms with van der Waals surface area (Å²) >= 11 is 0. The Kier molecular flexibility index (Phi) is 5.92. The summed E-state index contributed by atoms with van der Waals surface area (Å²) in [5.41, 5.74) is 5.60. The van der Waals surface area contributed by atoms with Gasteiger partial charge in [-0.25, -0.2) is 4.90 Å². The smallest absolute Gasteiger partial charge is 0.282 e. The van der Waals surface area contributed by atoms with Gasteiger partial charge in [-0.3, -0.25) is 9.59 Å². The van der Waals surface area contributed by atoms with Gasteiger partial charge in [0, 0.05) is 31.5 Å². The maximum atomic E-state index is 13.7. The zero-order valence-electron chi connectivity index (χ0n) is 19.5. The van der Waals surface area contributed by atoms with Gasteiger partial charge in [0.05, 0.1) is 18.4 Å². The van der Waals surface area contributed by atoms with Gasteiger partial charge in [0.2, 0.25) is 0 Å². The number of carbonyl (C=O) groups is 2. The lowest BCUT2D eigenvalue weighted by Gasteiger charge is -2.16. The number of rotatable bonds is 6. The molecule has 1 heterocycles. The molecule has 0 spiro atoms. The van der Waals surface area contributed by atoms with Crippen molar-refractivity contribution in [1.82, 2.24) is 0 Å². The van der Waals surface area contributed by atoms with E-state index in [0.717, 1.165) is 28.1 Å². The van der Waals surface area contributed by atoms with Crippen LogP contribution in [0.4, 0.5) is 17.1 Å². The molecule has 2 amide bonds. The molecule has 6 heteroatoms. The van der Waals surface area contributed by atoms with Crippen molar-refractivity contribution in [2.24, 2.45) is 0 Å². The van der Waals surface area contributed by atoms with Crippen LogP contribution in [0.5, 0.6) is 5.75 Å². The number of benzene rings is 3. The van der Waals surface area contributed by atoms with E-state index in [4.69, 9.17) is 4.74 Å². The lowest BCUT2D eigenvalue weighted by atomic mass is 9.97. The summed E-state index contributed by atoms with van der Waals surface area (Å²) in [5.74, 6) is -0.200. The Morgan fingerprint density at radius 1 is 0.879 bits per heavy atom. The van der Waals surface area contributed by atoms with E-state index in [1.807, 2.05) is 75.3 Å². The monoisotopic (exact) mass is 441 g/mol. The van der Waals surface area contributed by atoms with Gasteiger partial charge in [0.15, 0.2) is 0 Å². The molecule has 4 rings (SSSR count). The molecule has 0 unspecified atom stereocenters. The Labute approximate surface area is 194 Å². The van der Waals surface area contributed by atoms with Crippen LogP contribution < -0.4 is 19.9 Å². The molecule has 1 aliphatic rings. The van der Waals surface area contributed by atoms with Gasteiger partial charge in [-0.15, -0.1) is 0 Å². The lowest BCUT2D eigenvalue weighted by molar-refractivity contribution is -0.120. The number of methoxy groups -OCH3 is 1. The van der Waals surface area contributed by atoms with E-state index in [2.05, 4.69) is 5.32 Å². The number of carbonyl (C=O) groups excluding carboxylic acids is 2. The molecule has 168 valence electrons. The van der Waals surface area contributed by atoms with Crippen LogP contribution in [0, 0.1) is 13.8 Å². The Morgan fingerprint density at radius 2 is 1.61 bits per heavy atom. The summed E-state index contributed by atoms with van der Waals surface area (Å²) in [6.45, 7) is 3.95. The molecule has 0 atom stereocenters. The normalized spacial score (nSPS) is 13.5. The van der Waals surface area contributed by atoms with Crippen molar-refractivity contribution < 1.29 is 14.3 Å². The van der Waals surface area contributed by atoms with E-state index in [1.165, 1.54) is 4.90 Å². The molecule has 0 aromatic heterocycles. The molecule has 3 aromatic carbocycles. The van der Waals surface area contributed by atoms with Gasteiger partial charge in [-0.2, -0.15) is 0 Å². The van der Waals surface area contributed by atoms with Gasteiger partial charge in [-0.1, -0.05) is 29.8 Å². The second-order valence-corrected chi connectivity index (χ2v) is 8.28. The van der Waals surface area contributed by atoms with Crippen molar-refractivity contribution in [3.8, 4) is 5.75 Å². The minimum atomic E-state index is -0.403. The molecule has 0 saturated heterocycles. The number of amides is 2. The molecule has 6 nitrogen and oxygen atoms in total. The van der Waals surface area contributed by atoms with Crippen LogP contribution in [0.15, 0.2) is 72.4 Å². The molecule has 0 saturated carbocycles. The molecule has 1 aliphatic heterocycles. The van der Waals surface area contributed by atoms with Gasteiger partial charge in [0.1, 0.15) is 11.4 Å². The first-order valence-electron chi connectivity index (χ1n) is 10.7. The zero-order valence-corrected chi connectivity index (χ0v) is 19.5. The van der Waals surface area contributed by atoms with E-state index < -0.39 is 5.91 Å². The SMILES string of the molecule is COc1cccc(N2C(=O)C(Nc3ccc(N(C)C)cc3)=C(c3ccc(C)cc3C)C2=O)c1. The Hall–Kier alpha value is -4.06. The number of hydrogen-bond donors (Lipinski definition) is 1. The summed E-state index contributed by atoms with van der Waals surface area (Å²) in [4.78, 5) is 30.5. The molecule has 0 aliphatic carbocycles. The largest absolute Gasteiger partial charge is 0.497 e. The molecular formula is C27H27N3O3. The fraction of sp³-hybridized carbons (Fsp3) is 0.185. The van der Waals surface area contributed by atoms with Crippen LogP contribution in [-0.2, 0) is 9.59 Å². The number of aryl methyl sites for hydroxylation is 2. The predicted octanol–water partition coefficient (Wildman–Crippen LogP) is 4.77. The minimum Gasteiger partial charge on any atom is -0.497 e. The minimum absolute atomic E-state index is 0.257. The third-order valence-corrected chi connectivity index (χ3v) is 5.70. The Morgan fingerprint density at radius 3 is 2.24 bits per heavy atom. The standard InChI is InChI=1S/C27H27N3O3/c1-17-9-14-23(18(2)15-17)24-25(28-19-10-12-20(13-11-19)29(3)4)27(32)30(26(24)31)21-7-6-8-22(16-21)33-5/h6-16,28H,1-5H3. The van der Waals surface area contributed by atoms with Gasteiger partial charge < -0.3 is 15.0 Å². The molecule has 33 heavy (non-hydrogen) atoms. The van der Waals surface area contributed by atoms with Crippen LogP contribution in [-0.4, -0.2) is 33.0 Å². The van der Waals surface area contributed by atoms with Crippen molar-refractivity contribution in [1.29, 1.82) is 0 Å². The van der Waals surface area contributed by atoms with Crippen molar-refractivity contribution in [3.05, 3.63) is 89.1 Å². The van der Waals surface area contributed by atoms with Gasteiger partial charge in [0.25, 0.3) is 11.8 Å². The van der Waals surface area contributed by atoms with E-state index in [-0.39, 0.29) is 11.6 Å². The van der Waals surface area contributed by atoms with Crippen LogP contribution in [0.1, 0.15) is 16.7 Å². The van der Waals surface area contributed by atoms with Crippen LogP contribution >= 0.6 is 0 Å². The van der Waals surface area contributed by atoms with E-state index in [1.54, 1.807) is 31.4 Å². The van der Waals surface area contributed by atoms with Gasteiger partial charge in [-0.05, 0) is 61.4 Å². The summed E-state index contributed by atoms with van der Waals surface area (Å²) in [6.07, 6.45) is 0. The van der Waals surface area contributed by atoms with Crippen LogP contribution in [0.3, 0.4) is 0 Å². The zero-order chi connectivity index (χ0) is 23.7. The third kappa shape index (κ3) is 4.20. The first-order valence-corrected chi connectivity index (χ1v) is 10.7. The Bertz CT molecular complexity index is 1260. The molecule has 3 aromatic rings. The summed E-state index contributed by atoms with van der Waals surface area (Å²) in [5, 5.41) is 3.22. The first-order chi connectivity index (χ1) is 15.8. The number of nitrogens with zero attached hydrogens (tertiary/aromatic N) is 2. The highest BCUT2D eigenvalue weighted by Gasteiger charge is 2.40. The summed E-state index contributed by atoms with van der Waals surface area (Å²) < 4.78 is 5.30. The molecular weight excluding hydrogens is 414 g/mol. The number of nitrogens with one attached hydrogen (secondary N) is 1. The topological polar surface area (TPSA) is 61.9 Å². The highest BCUT2D eigenvalue weighted by atomic mass is 16.5. The lowest BCUT2D eigenvalue weighted by Crippen LogP contribution is -2.32. The second kappa shape index (κ2) is 8.82. The number of anilines is 3. The highest BCUT2D eigenvalue weighted by Crippen LogP contribution is 2.36.